The maximum absolute atomic E-state index is 13.5. The lowest BCUT2D eigenvalue weighted by Gasteiger charge is -2.08. The van der Waals surface area contributed by atoms with Crippen LogP contribution in [0.15, 0.2) is 27.6 Å². The third-order valence-corrected chi connectivity index (χ3v) is 4.69. The Morgan fingerprint density at radius 3 is 2.53 bits per heavy atom. The van der Waals surface area contributed by atoms with E-state index < -0.39 is 32.9 Å². The number of carboxylic acids is 1. The van der Waals surface area contributed by atoms with E-state index in [9.17, 15) is 17.6 Å². The van der Waals surface area contributed by atoms with Crippen LogP contribution < -0.4 is 0 Å². The van der Waals surface area contributed by atoms with Crippen molar-refractivity contribution in [1.29, 1.82) is 0 Å². The zero-order valence-electron chi connectivity index (χ0n) is 9.65. The summed E-state index contributed by atoms with van der Waals surface area (Å²) in [6.45, 7) is 1.28. The first kappa shape index (κ1) is 15.9. The predicted octanol–water partition coefficient (Wildman–Crippen LogP) is 2.93. The van der Waals surface area contributed by atoms with Crippen molar-refractivity contribution in [1.82, 2.24) is 0 Å². The number of halogens is 3. The Hall–Kier alpha value is -1.11. The highest BCUT2D eigenvalue weighted by Gasteiger charge is 2.22. The summed E-state index contributed by atoms with van der Waals surface area (Å²) in [4.78, 5) is 10.5. The van der Waals surface area contributed by atoms with Gasteiger partial charge >= 0.3 is 5.97 Å². The van der Waals surface area contributed by atoms with Gasteiger partial charge in [0.15, 0.2) is 9.84 Å². The van der Waals surface area contributed by atoms with E-state index in [-0.39, 0.29) is 15.5 Å². The van der Waals surface area contributed by atoms with E-state index in [1.165, 1.54) is 6.92 Å². The van der Waals surface area contributed by atoms with Gasteiger partial charge in [0.2, 0.25) is 0 Å². The zero-order chi connectivity index (χ0) is 14.8. The lowest BCUT2D eigenvalue weighted by Crippen LogP contribution is -2.11. The van der Waals surface area contributed by atoms with Crippen molar-refractivity contribution in [3.05, 3.63) is 39.6 Å². The molecular formula is C11H9Cl2FO4S. The van der Waals surface area contributed by atoms with E-state index in [1.54, 1.807) is 0 Å². The summed E-state index contributed by atoms with van der Waals surface area (Å²) in [5.74, 6) is -3.09. The first-order chi connectivity index (χ1) is 8.69. The van der Waals surface area contributed by atoms with Gasteiger partial charge in [0, 0.05) is 10.6 Å². The van der Waals surface area contributed by atoms with Gasteiger partial charge in [0.05, 0.1) is 16.2 Å². The van der Waals surface area contributed by atoms with E-state index in [4.69, 9.17) is 28.3 Å². The van der Waals surface area contributed by atoms with Crippen LogP contribution >= 0.6 is 23.2 Å². The molecule has 0 amide bonds. The van der Waals surface area contributed by atoms with Gasteiger partial charge in [-0.25, -0.2) is 17.6 Å². The molecule has 0 aliphatic heterocycles. The number of aryl methyl sites for hydroxylation is 1. The lowest BCUT2D eigenvalue weighted by molar-refractivity contribution is 0.0691. The Morgan fingerprint density at radius 2 is 2.05 bits per heavy atom. The van der Waals surface area contributed by atoms with Gasteiger partial charge < -0.3 is 5.11 Å². The second kappa shape index (κ2) is 5.90. The Kier molecular flexibility index (Phi) is 4.95. The fourth-order valence-corrected chi connectivity index (χ4v) is 3.23. The normalized spacial score (nSPS) is 12.5. The van der Waals surface area contributed by atoms with Crippen LogP contribution in [-0.2, 0) is 9.84 Å². The van der Waals surface area contributed by atoms with Gasteiger partial charge in [0.25, 0.3) is 0 Å². The molecular weight excluding hydrogens is 318 g/mol. The molecule has 0 aliphatic rings. The second-order valence-corrected chi connectivity index (χ2v) is 6.42. The summed E-state index contributed by atoms with van der Waals surface area (Å²) < 4.78 is 37.4. The Bertz CT molecular complexity index is 653. The van der Waals surface area contributed by atoms with Crippen LogP contribution in [0.2, 0.25) is 0 Å². The number of carbonyl (C=O) groups is 1. The standard InChI is InChI=1S/C11H9Cl2FO4S/c1-6-2-8(3-9(10(6)14)11(15)16)19(17,18)5-7(13)4-12/h2-4H,5H2,1H3,(H,15,16)/b7-4-. The molecule has 1 N–H and O–H groups in total. The number of rotatable bonds is 4. The molecule has 8 heteroatoms. The van der Waals surface area contributed by atoms with Crippen LogP contribution in [0.3, 0.4) is 0 Å². The number of hydrogen-bond donors (Lipinski definition) is 1. The Labute approximate surface area is 119 Å². The molecule has 0 unspecified atom stereocenters. The molecule has 1 rings (SSSR count). The molecule has 0 spiro atoms. The molecule has 4 nitrogen and oxygen atoms in total. The van der Waals surface area contributed by atoms with Crippen molar-refractivity contribution in [2.45, 2.75) is 11.8 Å². The SMILES string of the molecule is Cc1cc(S(=O)(=O)C/C(Cl)=C/Cl)cc(C(=O)O)c1F. The third-order valence-electron chi connectivity index (χ3n) is 2.26. The number of hydrogen-bond acceptors (Lipinski definition) is 3. The second-order valence-electron chi connectivity index (χ2n) is 3.72. The van der Waals surface area contributed by atoms with Gasteiger partial charge in [-0.2, -0.15) is 0 Å². The average molecular weight is 327 g/mol. The summed E-state index contributed by atoms with van der Waals surface area (Å²) in [5, 5.41) is 8.69. The van der Waals surface area contributed by atoms with E-state index in [2.05, 4.69) is 0 Å². The molecule has 0 fully saturated rings. The molecule has 0 aromatic heterocycles. The molecule has 0 saturated carbocycles. The minimum Gasteiger partial charge on any atom is -0.478 e. The van der Waals surface area contributed by atoms with Gasteiger partial charge in [-0.05, 0) is 24.6 Å². The van der Waals surface area contributed by atoms with Crippen LogP contribution in [0.5, 0.6) is 0 Å². The molecule has 19 heavy (non-hydrogen) atoms. The average Bonchev–Trinajstić information content (AvgIpc) is 2.31. The quantitative estimate of drug-likeness (QED) is 0.863. The minimum absolute atomic E-state index is 0.0792. The largest absolute Gasteiger partial charge is 0.478 e. The van der Waals surface area contributed by atoms with Crippen molar-refractivity contribution < 1.29 is 22.7 Å². The smallest absolute Gasteiger partial charge is 0.338 e. The van der Waals surface area contributed by atoms with Crippen molar-refractivity contribution in [3.8, 4) is 0 Å². The van der Waals surface area contributed by atoms with Crippen molar-refractivity contribution in [2.24, 2.45) is 0 Å². The van der Waals surface area contributed by atoms with Crippen LogP contribution in [0, 0.1) is 12.7 Å². The van der Waals surface area contributed by atoms with Crippen molar-refractivity contribution >= 4 is 39.0 Å². The minimum atomic E-state index is -3.88. The topological polar surface area (TPSA) is 71.4 Å². The molecule has 1 aromatic rings. The highest BCUT2D eigenvalue weighted by Crippen LogP contribution is 2.22. The monoisotopic (exact) mass is 326 g/mol. The molecule has 0 aliphatic carbocycles. The number of aromatic carboxylic acids is 1. The lowest BCUT2D eigenvalue weighted by atomic mass is 10.1. The van der Waals surface area contributed by atoms with Crippen molar-refractivity contribution in [3.63, 3.8) is 0 Å². The molecule has 0 radical (unpaired) electrons. The summed E-state index contributed by atoms with van der Waals surface area (Å²) in [7, 11) is -3.88. The van der Waals surface area contributed by atoms with E-state index in [0.717, 1.165) is 17.7 Å². The van der Waals surface area contributed by atoms with Gasteiger partial charge in [-0.3, -0.25) is 0 Å². The number of sulfone groups is 1. The maximum Gasteiger partial charge on any atom is 0.338 e. The molecule has 104 valence electrons. The molecule has 0 heterocycles. The van der Waals surface area contributed by atoms with E-state index >= 15 is 0 Å². The van der Waals surface area contributed by atoms with Crippen LogP contribution in [0.1, 0.15) is 15.9 Å². The fraction of sp³-hybridized carbons (Fsp3) is 0.182. The summed E-state index contributed by atoms with van der Waals surface area (Å²) in [6.07, 6.45) is 0. The van der Waals surface area contributed by atoms with Crippen LogP contribution in [-0.4, -0.2) is 25.2 Å². The molecule has 0 saturated heterocycles. The summed E-state index contributed by atoms with van der Waals surface area (Å²) in [6, 6.07) is 1.81. The van der Waals surface area contributed by atoms with Gasteiger partial charge in [0.1, 0.15) is 5.82 Å². The number of benzene rings is 1. The van der Waals surface area contributed by atoms with Crippen LogP contribution in [0.25, 0.3) is 0 Å². The first-order valence-electron chi connectivity index (χ1n) is 4.90. The van der Waals surface area contributed by atoms with Gasteiger partial charge in [-0.1, -0.05) is 23.2 Å². The van der Waals surface area contributed by atoms with Gasteiger partial charge in [-0.15, -0.1) is 0 Å². The molecule has 1 aromatic carbocycles. The van der Waals surface area contributed by atoms with Crippen LogP contribution in [0.4, 0.5) is 4.39 Å². The predicted molar refractivity (Wildman–Crippen MR) is 69.9 cm³/mol. The van der Waals surface area contributed by atoms with E-state index in [0.29, 0.717) is 0 Å². The van der Waals surface area contributed by atoms with Crippen molar-refractivity contribution in [2.75, 3.05) is 5.75 Å². The van der Waals surface area contributed by atoms with E-state index in [1.807, 2.05) is 0 Å². The zero-order valence-corrected chi connectivity index (χ0v) is 12.0. The fourth-order valence-electron chi connectivity index (χ4n) is 1.37. The Morgan fingerprint density at radius 1 is 1.47 bits per heavy atom. The molecule has 0 atom stereocenters. The highest BCUT2D eigenvalue weighted by molar-refractivity contribution is 7.91. The first-order valence-corrected chi connectivity index (χ1v) is 7.36. The highest BCUT2D eigenvalue weighted by atomic mass is 35.5. The summed E-state index contributed by atoms with van der Waals surface area (Å²) >= 11 is 10.8. The Balaban J connectivity index is 3.41. The maximum atomic E-state index is 13.5. The third kappa shape index (κ3) is 3.68. The summed E-state index contributed by atoms with van der Waals surface area (Å²) in [5.41, 5.74) is 0.113. The number of carboxylic acid groups (broad SMARTS) is 1. The molecule has 0 bridgehead atoms.